The predicted molar refractivity (Wildman–Crippen MR) is 96.8 cm³/mol. The Hall–Kier alpha value is -1.56. The van der Waals surface area contributed by atoms with Crippen molar-refractivity contribution < 1.29 is 13.2 Å². The molecule has 1 unspecified atom stereocenters. The highest BCUT2D eigenvalue weighted by molar-refractivity contribution is 7.92. The van der Waals surface area contributed by atoms with E-state index in [1.807, 2.05) is 30.3 Å². The summed E-state index contributed by atoms with van der Waals surface area (Å²) in [6, 6.07) is 13.9. The Balaban J connectivity index is 2.03. The molecule has 0 aromatic heterocycles. The fourth-order valence-corrected chi connectivity index (χ4v) is 3.97. The maximum atomic E-state index is 12.4. The highest BCUT2D eigenvalue weighted by atomic mass is 35.5. The van der Waals surface area contributed by atoms with Gasteiger partial charge in [-0.2, -0.15) is 0 Å². The Morgan fingerprint density at radius 1 is 1.12 bits per heavy atom. The van der Waals surface area contributed by atoms with Crippen LogP contribution in [0.4, 0.5) is 0 Å². The van der Waals surface area contributed by atoms with Crippen molar-refractivity contribution in [2.45, 2.75) is 24.5 Å². The fourth-order valence-electron chi connectivity index (χ4n) is 2.07. The van der Waals surface area contributed by atoms with Crippen LogP contribution >= 0.6 is 23.2 Å². The van der Waals surface area contributed by atoms with Crippen LogP contribution in [0.5, 0.6) is 0 Å². The van der Waals surface area contributed by atoms with E-state index in [0.29, 0.717) is 10.6 Å². The number of sulfone groups is 1. The lowest BCUT2D eigenvalue weighted by atomic mass is 10.2. The van der Waals surface area contributed by atoms with E-state index in [1.54, 1.807) is 12.1 Å². The van der Waals surface area contributed by atoms with E-state index < -0.39 is 21.0 Å². The topological polar surface area (TPSA) is 63.2 Å². The van der Waals surface area contributed by atoms with Gasteiger partial charge in [-0.25, -0.2) is 8.42 Å². The number of amides is 1. The Labute approximate surface area is 151 Å². The smallest absolute Gasteiger partial charge is 0.238 e. The molecule has 128 valence electrons. The maximum Gasteiger partial charge on any atom is 0.238 e. The van der Waals surface area contributed by atoms with Gasteiger partial charge >= 0.3 is 0 Å². The summed E-state index contributed by atoms with van der Waals surface area (Å²) in [4.78, 5) is 12.1. The lowest BCUT2D eigenvalue weighted by Gasteiger charge is -2.14. The number of carbonyl (C=O) groups is 1. The molecule has 4 nitrogen and oxygen atoms in total. The molecular weight excluding hydrogens is 369 g/mol. The average molecular weight is 386 g/mol. The second kappa shape index (κ2) is 8.01. The molecule has 0 saturated carbocycles. The molecule has 24 heavy (non-hydrogen) atoms. The first-order chi connectivity index (χ1) is 11.3. The molecule has 0 saturated heterocycles. The summed E-state index contributed by atoms with van der Waals surface area (Å²) < 4.78 is 24.9. The van der Waals surface area contributed by atoms with Crippen molar-refractivity contribution in [2.24, 2.45) is 0 Å². The Morgan fingerprint density at radius 3 is 2.42 bits per heavy atom. The fraction of sp³-hybridized carbons (Fsp3) is 0.235. The van der Waals surface area contributed by atoms with Crippen molar-refractivity contribution in [3.63, 3.8) is 0 Å². The third-order valence-corrected chi connectivity index (χ3v) is 6.18. The van der Waals surface area contributed by atoms with Gasteiger partial charge in [0.25, 0.3) is 0 Å². The van der Waals surface area contributed by atoms with Crippen LogP contribution in [0.15, 0.2) is 48.5 Å². The first kappa shape index (κ1) is 18.8. The molecule has 1 N–H and O–H groups in total. The van der Waals surface area contributed by atoms with Gasteiger partial charge in [-0.15, -0.1) is 0 Å². The zero-order chi connectivity index (χ0) is 17.7. The third-order valence-electron chi connectivity index (χ3n) is 3.59. The van der Waals surface area contributed by atoms with Gasteiger partial charge in [-0.1, -0.05) is 59.6 Å². The molecular formula is C17H17Cl2NO3S. The van der Waals surface area contributed by atoms with Crippen molar-refractivity contribution in [2.75, 3.05) is 0 Å². The molecule has 2 rings (SSSR count). The van der Waals surface area contributed by atoms with Gasteiger partial charge in [-0.3, -0.25) is 4.79 Å². The van der Waals surface area contributed by atoms with E-state index in [9.17, 15) is 13.2 Å². The van der Waals surface area contributed by atoms with Crippen LogP contribution in [0.2, 0.25) is 10.0 Å². The second-order valence-electron chi connectivity index (χ2n) is 5.39. The molecule has 0 aliphatic rings. The van der Waals surface area contributed by atoms with Crippen LogP contribution in [0.25, 0.3) is 0 Å². The summed E-state index contributed by atoms with van der Waals surface area (Å²) in [5.41, 5.74) is 1.32. The molecule has 0 heterocycles. The lowest BCUT2D eigenvalue weighted by Crippen LogP contribution is -2.38. The predicted octanol–water partition coefficient (Wildman–Crippen LogP) is 3.61. The normalized spacial score (nSPS) is 12.6. The molecule has 0 aliphatic carbocycles. The lowest BCUT2D eigenvalue weighted by molar-refractivity contribution is -0.120. The van der Waals surface area contributed by atoms with Crippen molar-refractivity contribution in [3.8, 4) is 0 Å². The minimum absolute atomic E-state index is 0.267. The summed E-state index contributed by atoms with van der Waals surface area (Å²) in [6.45, 7) is 1.65. The van der Waals surface area contributed by atoms with Gasteiger partial charge in [0.2, 0.25) is 5.91 Å². The van der Waals surface area contributed by atoms with Crippen LogP contribution in [0.1, 0.15) is 18.1 Å². The summed E-state index contributed by atoms with van der Waals surface area (Å²) in [5, 5.41) is 2.16. The van der Waals surface area contributed by atoms with E-state index in [4.69, 9.17) is 23.2 Å². The van der Waals surface area contributed by atoms with Crippen molar-refractivity contribution in [1.29, 1.82) is 0 Å². The molecule has 0 bridgehead atoms. The van der Waals surface area contributed by atoms with E-state index >= 15 is 0 Å². The molecule has 2 aromatic rings. The van der Waals surface area contributed by atoms with Gasteiger partial charge in [-0.05, 0) is 30.2 Å². The highest BCUT2D eigenvalue weighted by Gasteiger charge is 2.28. The average Bonchev–Trinajstić information content (AvgIpc) is 2.55. The van der Waals surface area contributed by atoms with E-state index in [-0.39, 0.29) is 17.3 Å². The van der Waals surface area contributed by atoms with Crippen LogP contribution in [-0.4, -0.2) is 19.6 Å². The van der Waals surface area contributed by atoms with Crippen molar-refractivity contribution in [3.05, 3.63) is 69.7 Å². The quantitative estimate of drug-likeness (QED) is 0.825. The minimum Gasteiger partial charge on any atom is -0.351 e. The van der Waals surface area contributed by atoms with Gasteiger partial charge < -0.3 is 5.32 Å². The standard InChI is InChI=1S/C17H17Cl2NO3S/c1-12(17(21)20-10-13-5-3-2-4-6-13)24(22,23)11-14-7-8-15(18)9-16(14)19/h2-9,12H,10-11H2,1H3,(H,20,21). The minimum atomic E-state index is -3.69. The third kappa shape index (κ3) is 4.97. The number of benzene rings is 2. The Kier molecular flexibility index (Phi) is 6.27. The number of rotatable bonds is 6. The van der Waals surface area contributed by atoms with Gasteiger partial charge in [0.15, 0.2) is 9.84 Å². The SMILES string of the molecule is CC(C(=O)NCc1ccccc1)S(=O)(=O)Cc1ccc(Cl)cc1Cl. The number of hydrogen-bond acceptors (Lipinski definition) is 3. The zero-order valence-corrected chi connectivity index (χ0v) is 15.3. The van der Waals surface area contributed by atoms with Crippen LogP contribution in [-0.2, 0) is 26.9 Å². The largest absolute Gasteiger partial charge is 0.351 e. The molecule has 7 heteroatoms. The molecule has 0 fully saturated rings. The first-order valence-electron chi connectivity index (χ1n) is 7.27. The van der Waals surface area contributed by atoms with Crippen LogP contribution in [0.3, 0.4) is 0 Å². The Bertz CT molecular complexity index is 823. The summed E-state index contributed by atoms with van der Waals surface area (Å²) in [7, 11) is -3.69. The molecule has 2 aromatic carbocycles. The summed E-state index contributed by atoms with van der Waals surface area (Å²) in [5.74, 6) is -0.855. The zero-order valence-electron chi connectivity index (χ0n) is 13.0. The van der Waals surface area contributed by atoms with Gasteiger partial charge in [0.05, 0.1) is 5.75 Å². The van der Waals surface area contributed by atoms with Crippen molar-refractivity contribution in [1.82, 2.24) is 5.32 Å². The first-order valence-corrected chi connectivity index (χ1v) is 9.74. The molecule has 0 radical (unpaired) electrons. The monoisotopic (exact) mass is 385 g/mol. The molecule has 0 spiro atoms. The maximum absolute atomic E-state index is 12.4. The van der Waals surface area contributed by atoms with E-state index in [1.165, 1.54) is 13.0 Å². The molecule has 0 aliphatic heterocycles. The van der Waals surface area contributed by atoms with Crippen LogP contribution in [0, 0.1) is 0 Å². The van der Waals surface area contributed by atoms with E-state index in [2.05, 4.69) is 5.32 Å². The molecule has 1 atom stereocenters. The van der Waals surface area contributed by atoms with Crippen molar-refractivity contribution >= 4 is 38.9 Å². The number of carbonyl (C=O) groups excluding carboxylic acids is 1. The summed E-state index contributed by atoms with van der Waals surface area (Å²) >= 11 is 11.8. The number of nitrogens with one attached hydrogen (secondary N) is 1. The second-order valence-corrected chi connectivity index (χ2v) is 8.55. The van der Waals surface area contributed by atoms with Crippen LogP contribution < -0.4 is 5.32 Å². The molecule has 1 amide bonds. The van der Waals surface area contributed by atoms with Gasteiger partial charge in [0, 0.05) is 16.6 Å². The Morgan fingerprint density at radius 2 is 1.79 bits per heavy atom. The van der Waals surface area contributed by atoms with E-state index in [0.717, 1.165) is 5.56 Å². The summed E-state index contributed by atoms with van der Waals surface area (Å²) in [6.07, 6.45) is 0. The number of halogens is 2. The van der Waals surface area contributed by atoms with Gasteiger partial charge in [0.1, 0.15) is 5.25 Å². The highest BCUT2D eigenvalue weighted by Crippen LogP contribution is 2.24. The number of hydrogen-bond donors (Lipinski definition) is 1.